The largest absolute Gasteiger partial charge is 0.504 e. The molecule has 1 heterocycles. The zero-order valence-corrected chi connectivity index (χ0v) is 13.0. The third-order valence-corrected chi connectivity index (χ3v) is 3.32. The number of benzene rings is 2. The average Bonchev–Trinajstić information content (AvgIpc) is 2.57. The van der Waals surface area contributed by atoms with Crippen molar-refractivity contribution in [3.63, 3.8) is 0 Å². The van der Waals surface area contributed by atoms with E-state index in [1.165, 1.54) is 7.05 Å². The van der Waals surface area contributed by atoms with Gasteiger partial charge in [0.2, 0.25) is 0 Å². The van der Waals surface area contributed by atoms with Crippen LogP contribution in [0.15, 0.2) is 24.3 Å². The molecule has 1 aliphatic rings. The molecular formula is C16H15F4NO4. The normalized spacial score (nSPS) is 13.0. The molecule has 136 valence electrons. The molecule has 9 heteroatoms. The molecule has 0 fully saturated rings. The molecule has 2 aromatic carbocycles. The number of phenols is 2. The van der Waals surface area contributed by atoms with E-state index in [-0.39, 0.29) is 30.3 Å². The first-order valence-corrected chi connectivity index (χ1v) is 7.08. The van der Waals surface area contributed by atoms with Crippen molar-refractivity contribution >= 4 is 0 Å². The van der Waals surface area contributed by atoms with Crippen LogP contribution in [0.25, 0.3) is 11.1 Å². The molecule has 0 aliphatic carbocycles. The van der Waals surface area contributed by atoms with Crippen LogP contribution < -0.4 is 15.2 Å². The molecule has 1 aliphatic heterocycles. The van der Waals surface area contributed by atoms with Crippen LogP contribution >= 0.6 is 0 Å². The van der Waals surface area contributed by atoms with Gasteiger partial charge in [-0.15, -0.1) is 0 Å². The fourth-order valence-corrected chi connectivity index (χ4v) is 2.35. The number of fused-ring (bicyclic) bond motifs is 1. The summed E-state index contributed by atoms with van der Waals surface area (Å²) in [5.41, 5.74) is 2.53. The van der Waals surface area contributed by atoms with Crippen molar-refractivity contribution in [3.05, 3.63) is 35.6 Å². The van der Waals surface area contributed by atoms with Gasteiger partial charge in [0.15, 0.2) is 23.0 Å². The van der Waals surface area contributed by atoms with Gasteiger partial charge in [-0.2, -0.15) is 13.2 Å². The van der Waals surface area contributed by atoms with Crippen LogP contribution in [0.5, 0.6) is 23.0 Å². The van der Waals surface area contributed by atoms with Crippen LogP contribution in [0.2, 0.25) is 0 Å². The Kier molecular flexibility index (Phi) is 5.27. The summed E-state index contributed by atoms with van der Waals surface area (Å²) < 4.78 is 63.9. The molecule has 0 amide bonds. The lowest BCUT2D eigenvalue weighted by molar-refractivity contribution is -0.137. The summed E-state index contributed by atoms with van der Waals surface area (Å²) in [4.78, 5) is 0. The molecule has 0 spiro atoms. The molecular weight excluding hydrogens is 346 g/mol. The van der Waals surface area contributed by atoms with Gasteiger partial charge in [-0.25, -0.2) is 4.39 Å². The zero-order valence-electron chi connectivity index (χ0n) is 13.0. The van der Waals surface area contributed by atoms with Gasteiger partial charge in [-0.05, 0) is 25.2 Å². The quantitative estimate of drug-likeness (QED) is 0.536. The summed E-state index contributed by atoms with van der Waals surface area (Å²) in [5, 5.41) is 18.9. The minimum absolute atomic E-state index is 0.0214. The number of hydrogen-bond acceptors (Lipinski definition) is 5. The topological polar surface area (TPSA) is 84.9 Å². The number of nitrogens with two attached hydrogens (primary N) is 1. The van der Waals surface area contributed by atoms with Gasteiger partial charge < -0.3 is 25.4 Å². The maximum absolute atomic E-state index is 13.7. The molecule has 2 aromatic rings. The smallest absolute Gasteiger partial charge is 0.417 e. The number of halogens is 4. The first-order valence-electron chi connectivity index (χ1n) is 7.08. The van der Waals surface area contributed by atoms with Gasteiger partial charge in [0.1, 0.15) is 19.0 Å². The Bertz CT molecular complexity index is 778. The summed E-state index contributed by atoms with van der Waals surface area (Å²) in [5.74, 6) is -2.57. The van der Waals surface area contributed by atoms with Crippen molar-refractivity contribution in [3.8, 4) is 34.1 Å². The van der Waals surface area contributed by atoms with E-state index >= 15 is 0 Å². The van der Waals surface area contributed by atoms with E-state index in [4.69, 9.17) is 9.47 Å². The lowest BCUT2D eigenvalue weighted by Gasteiger charge is -2.23. The SMILES string of the molecule is CN.Oc1cc(-c2cc(F)cc3c2OCCO3)c(C(F)(F)F)cc1O. The zero-order chi connectivity index (χ0) is 18.8. The second-order valence-electron chi connectivity index (χ2n) is 4.86. The predicted octanol–water partition coefficient (Wildman–Crippen LogP) is 3.27. The maximum atomic E-state index is 13.7. The lowest BCUT2D eigenvalue weighted by atomic mass is 9.96. The number of phenolic OH excluding ortho intramolecular Hbond substituents is 2. The number of aromatic hydroxyl groups is 2. The Morgan fingerprint density at radius 1 is 0.920 bits per heavy atom. The molecule has 0 aromatic heterocycles. The van der Waals surface area contributed by atoms with Gasteiger partial charge in [-0.3, -0.25) is 0 Å². The van der Waals surface area contributed by atoms with Crippen LogP contribution in [0.4, 0.5) is 17.6 Å². The Labute approximate surface area is 140 Å². The first-order chi connectivity index (χ1) is 11.8. The molecule has 0 unspecified atom stereocenters. The summed E-state index contributed by atoms with van der Waals surface area (Å²) in [7, 11) is 1.50. The number of alkyl halides is 3. The van der Waals surface area contributed by atoms with Crippen molar-refractivity contribution < 1.29 is 37.2 Å². The molecule has 0 bridgehead atoms. The van der Waals surface area contributed by atoms with Gasteiger partial charge >= 0.3 is 6.18 Å². The Morgan fingerprint density at radius 3 is 2.16 bits per heavy atom. The molecule has 3 rings (SSSR count). The highest BCUT2D eigenvalue weighted by molar-refractivity contribution is 5.79. The van der Waals surface area contributed by atoms with E-state index < -0.39 is 34.6 Å². The van der Waals surface area contributed by atoms with E-state index in [1.54, 1.807) is 0 Å². The van der Waals surface area contributed by atoms with Gasteiger partial charge in [0.25, 0.3) is 0 Å². The summed E-state index contributed by atoms with van der Waals surface area (Å²) in [6.45, 7) is 0.236. The Hall–Kier alpha value is -2.68. The summed E-state index contributed by atoms with van der Waals surface area (Å²) in [6, 6.07) is 2.96. The highest BCUT2D eigenvalue weighted by Crippen LogP contribution is 2.48. The second-order valence-corrected chi connectivity index (χ2v) is 4.86. The Morgan fingerprint density at radius 2 is 1.52 bits per heavy atom. The molecule has 25 heavy (non-hydrogen) atoms. The highest BCUT2D eigenvalue weighted by atomic mass is 19.4. The first kappa shape index (κ1) is 18.7. The van der Waals surface area contributed by atoms with Gasteiger partial charge in [0, 0.05) is 17.2 Å². The van der Waals surface area contributed by atoms with E-state index in [1.807, 2.05) is 0 Å². The monoisotopic (exact) mass is 361 g/mol. The fourth-order valence-electron chi connectivity index (χ4n) is 2.35. The minimum atomic E-state index is -4.82. The predicted molar refractivity (Wildman–Crippen MR) is 81.3 cm³/mol. The van der Waals surface area contributed by atoms with Gasteiger partial charge in [-0.1, -0.05) is 0 Å². The molecule has 0 saturated carbocycles. The standard InChI is InChI=1S/C15H10F4O4.CH5N/c16-7-3-9(14-13(4-7)22-1-2-23-14)8-5-11(20)12(21)6-10(8)15(17,18)19;1-2/h3-6,20-21H,1-2H2;2H2,1H3. The van der Waals surface area contributed by atoms with Crippen LogP contribution in [-0.2, 0) is 6.18 Å². The number of hydrogen-bond donors (Lipinski definition) is 3. The summed E-state index contributed by atoms with van der Waals surface area (Å²) in [6.07, 6.45) is -4.82. The lowest BCUT2D eigenvalue weighted by Crippen LogP contribution is -2.16. The minimum Gasteiger partial charge on any atom is -0.504 e. The molecule has 4 N–H and O–H groups in total. The van der Waals surface area contributed by atoms with E-state index in [9.17, 15) is 27.8 Å². The third-order valence-electron chi connectivity index (χ3n) is 3.32. The van der Waals surface area contributed by atoms with Crippen LogP contribution in [0.1, 0.15) is 5.56 Å². The van der Waals surface area contributed by atoms with Crippen molar-refractivity contribution in [2.45, 2.75) is 6.18 Å². The number of rotatable bonds is 1. The molecule has 0 atom stereocenters. The Balaban J connectivity index is 0.00000109. The van der Waals surface area contributed by atoms with Crippen molar-refractivity contribution in [1.29, 1.82) is 0 Å². The third kappa shape index (κ3) is 3.71. The maximum Gasteiger partial charge on any atom is 0.417 e. The van der Waals surface area contributed by atoms with Crippen molar-refractivity contribution in [2.75, 3.05) is 20.3 Å². The van der Waals surface area contributed by atoms with Gasteiger partial charge in [0.05, 0.1) is 5.56 Å². The highest BCUT2D eigenvalue weighted by Gasteiger charge is 2.36. The molecule has 0 radical (unpaired) electrons. The van der Waals surface area contributed by atoms with Crippen LogP contribution in [0.3, 0.4) is 0 Å². The van der Waals surface area contributed by atoms with Crippen LogP contribution in [-0.4, -0.2) is 30.5 Å². The average molecular weight is 361 g/mol. The van der Waals surface area contributed by atoms with E-state index in [0.29, 0.717) is 12.1 Å². The molecule has 0 saturated heterocycles. The summed E-state index contributed by atoms with van der Waals surface area (Å²) >= 11 is 0. The van der Waals surface area contributed by atoms with E-state index in [2.05, 4.69) is 5.73 Å². The van der Waals surface area contributed by atoms with E-state index in [0.717, 1.165) is 12.1 Å². The van der Waals surface area contributed by atoms with Crippen LogP contribution in [0, 0.1) is 5.82 Å². The molecule has 5 nitrogen and oxygen atoms in total. The number of ether oxygens (including phenoxy) is 2. The second kappa shape index (κ2) is 7.06. The van der Waals surface area contributed by atoms with Crippen molar-refractivity contribution in [2.24, 2.45) is 5.73 Å². The van der Waals surface area contributed by atoms with Crippen molar-refractivity contribution in [1.82, 2.24) is 0 Å². The fraction of sp³-hybridized carbons (Fsp3) is 0.250.